The summed E-state index contributed by atoms with van der Waals surface area (Å²) in [6.07, 6.45) is 1.11. The van der Waals surface area contributed by atoms with Crippen LogP contribution in [0.1, 0.15) is 73.6 Å². The Bertz CT molecular complexity index is 564. The Morgan fingerprint density at radius 1 is 1.33 bits per heavy atom. The van der Waals surface area contributed by atoms with Crippen LogP contribution in [-0.2, 0) is 5.41 Å². The van der Waals surface area contributed by atoms with E-state index in [0.717, 1.165) is 6.42 Å². The van der Waals surface area contributed by atoms with Crippen LogP contribution >= 0.6 is 22.7 Å². The molecule has 2 aromatic heterocycles. The molecular formula is C17H26N2S2. The Kier molecular flexibility index (Phi) is 5.23. The maximum absolute atomic E-state index is 4.78. The molecule has 0 aliphatic rings. The predicted molar refractivity (Wildman–Crippen MR) is 94.5 cm³/mol. The van der Waals surface area contributed by atoms with E-state index in [1.54, 1.807) is 0 Å². The molecule has 2 aromatic rings. The Hall–Kier alpha value is -0.710. The number of rotatable bonds is 5. The zero-order valence-corrected chi connectivity index (χ0v) is 15.5. The second kappa shape index (κ2) is 6.59. The summed E-state index contributed by atoms with van der Waals surface area (Å²) in [5, 5.41) is 7.15. The normalized spacial score (nSPS) is 15.1. The molecule has 0 spiro atoms. The largest absolute Gasteiger partial charge is 0.302 e. The van der Waals surface area contributed by atoms with Gasteiger partial charge in [0, 0.05) is 27.3 Å². The lowest BCUT2D eigenvalue weighted by Crippen LogP contribution is -2.23. The van der Waals surface area contributed by atoms with E-state index in [1.165, 1.54) is 20.5 Å². The van der Waals surface area contributed by atoms with Crippen molar-refractivity contribution < 1.29 is 0 Å². The molecule has 116 valence electrons. The summed E-state index contributed by atoms with van der Waals surface area (Å²) < 4.78 is 0. The van der Waals surface area contributed by atoms with Gasteiger partial charge < -0.3 is 5.32 Å². The molecule has 0 aliphatic carbocycles. The van der Waals surface area contributed by atoms with Crippen LogP contribution in [0.3, 0.4) is 0 Å². The molecule has 2 heterocycles. The summed E-state index contributed by atoms with van der Waals surface area (Å²) in [7, 11) is 0. The number of aromatic nitrogens is 1. The van der Waals surface area contributed by atoms with Gasteiger partial charge in [0.25, 0.3) is 0 Å². The Morgan fingerprint density at radius 2 is 2.05 bits per heavy atom. The van der Waals surface area contributed by atoms with Crippen LogP contribution in [0.25, 0.3) is 0 Å². The second-order valence-electron chi connectivity index (χ2n) is 6.58. The van der Waals surface area contributed by atoms with Gasteiger partial charge in [0.2, 0.25) is 0 Å². The number of aryl methyl sites for hydroxylation is 1. The molecular weight excluding hydrogens is 296 g/mol. The van der Waals surface area contributed by atoms with E-state index in [-0.39, 0.29) is 5.41 Å². The molecule has 0 bridgehead atoms. The third-order valence-corrected chi connectivity index (χ3v) is 6.37. The lowest BCUT2D eigenvalue weighted by molar-refractivity contribution is 0.465. The third-order valence-electron chi connectivity index (χ3n) is 3.61. The minimum Gasteiger partial charge on any atom is -0.302 e. The maximum atomic E-state index is 4.78. The number of nitrogens with zero attached hydrogens (tertiary/aromatic N) is 1. The number of thiazole rings is 1. The van der Waals surface area contributed by atoms with Gasteiger partial charge in [0.15, 0.2) is 0 Å². The molecule has 2 nitrogen and oxygen atoms in total. The molecule has 0 saturated heterocycles. The third kappa shape index (κ3) is 3.93. The fourth-order valence-electron chi connectivity index (χ4n) is 2.40. The Morgan fingerprint density at radius 3 is 2.52 bits per heavy atom. The molecule has 0 amide bonds. The van der Waals surface area contributed by atoms with Crippen molar-refractivity contribution in [3.8, 4) is 0 Å². The quantitative estimate of drug-likeness (QED) is 0.773. The van der Waals surface area contributed by atoms with Crippen molar-refractivity contribution in [2.45, 2.75) is 65.5 Å². The van der Waals surface area contributed by atoms with E-state index in [0.29, 0.717) is 12.1 Å². The van der Waals surface area contributed by atoms with Crippen molar-refractivity contribution in [3.63, 3.8) is 0 Å². The fraction of sp³-hybridized carbons (Fsp3) is 0.588. The van der Waals surface area contributed by atoms with Crippen LogP contribution in [0.4, 0.5) is 0 Å². The second-order valence-corrected chi connectivity index (χ2v) is 8.59. The molecule has 0 aliphatic heterocycles. The van der Waals surface area contributed by atoms with Gasteiger partial charge in [-0.3, -0.25) is 0 Å². The summed E-state index contributed by atoms with van der Waals surface area (Å²) in [5.74, 6) is 0. The monoisotopic (exact) mass is 322 g/mol. The lowest BCUT2D eigenvalue weighted by Gasteiger charge is -2.21. The summed E-state index contributed by atoms with van der Waals surface area (Å²) in [6, 6.07) is 5.12. The van der Waals surface area contributed by atoms with Gasteiger partial charge in [0.05, 0.1) is 10.7 Å². The summed E-state index contributed by atoms with van der Waals surface area (Å²) in [6.45, 7) is 13.3. The Balaban J connectivity index is 2.16. The van der Waals surface area contributed by atoms with Gasteiger partial charge in [-0.2, -0.15) is 0 Å². The zero-order chi connectivity index (χ0) is 15.6. The van der Waals surface area contributed by atoms with E-state index in [1.807, 2.05) is 22.7 Å². The molecule has 0 fully saturated rings. The topological polar surface area (TPSA) is 24.9 Å². The van der Waals surface area contributed by atoms with Crippen LogP contribution < -0.4 is 5.32 Å². The molecule has 2 rings (SSSR count). The average Bonchev–Trinajstić information content (AvgIpc) is 3.03. The van der Waals surface area contributed by atoms with Gasteiger partial charge in [0.1, 0.15) is 0 Å². The Labute approximate surface area is 136 Å². The van der Waals surface area contributed by atoms with Crippen molar-refractivity contribution >= 4 is 22.7 Å². The van der Waals surface area contributed by atoms with Crippen LogP contribution in [-0.4, -0.2) is 4.98 Å². The van der Waals surface area contributed by atoms with Crippen molar-refractivity contribution in [1.29, 1.82) is 0 Å². The highest BCUT2D eigenvalue weighted by Crippen LogP contribution is 2.34. The zero-order valence-electron chi connectivity index (χ0n) is 13.9. The van der Waals surface area contributed by atoms with Crippen molar-refractivity contribution in [2.75, 3.05) is 0 Å². The SMILES string of the molecule is CCC(NC(C)c1sc(C(C)(C)C)nc1C)c1cccs1. The van der Waals surface area contributed by atoms with Gasteiger partial charge >= 0.3 is 0 Å². The van der Waals surface area contributed by atoms with E-state index in [4.69, 9.17) is 4.98 Å². The highest BCUT2D eigenvalue weighted by molar-refractivity contribution is 7.12. The molecule has 1 N–H and O–H groups in total. The average molecular weight is 323 g/mol. The highest BCUT2D eigenvalue weighted by Gasteiger charge is 2.23. The van der Waals surface area contributed by atoms with Crippen LogP contribution in [0.2, 0.25) is 0 Å². The smallest absolute Gasteiger partial charge is 0.0985 e. The standard InChI is InChI=1S/C17H26N2S2/c1-7-13(14-9-8-10-20-14)18-11(2)15-12(3)19-16(21-15)17(4,5)6/h8-11,13,18H,7H2,1-6H3. The molecule has 0 aromatic carbocycles. The van der Waals surface area contributed by atoms with Crippen LogP contribution in [0, 0.1) is 6.92 Å². The van der Waals surface area contributed by atoms with Crippen molar-refractivity contribution in [2.24, 2.45) is 0 Å². The van der Waals surface area contributed by atoms with E-state index in [9.17, 15) is 0 Å². The summed E-state index contributed by atoms with van der Waals surface area (Å²) >= 11 is 3.69. The molecule has 21 heavy (non-hydrogen) atoms. The van der Waals surface area contributed by atoms with E-state index in [2.05, 4.69) is 64.4 Å². The van der Waals surface area contributed by atoms with Gasteiger partial charge in [-0.1, -0.05) is 33.8 Å². The first-order chi connectivity index (χ1) is 9.82. The first-order valence-corrected chi connectivity index (χ1v) is 9.29. The van der Waals surface area contributed by atoms with Gasteiger partial charge in [-0.25, -0.2) is 4.98 Å². The number of thiophene rings is 1. The minimum atomic E-state index is 0.130. The first-order valence-electron chi connectivity index (χ1n) is 7.60. The number of nitrogens with one attached hydrogen (secondary N) is 1. The summed E-state index contributed by atoms with van der Waals surface area (Å²) in [5.41, 5.74) is 1.30. The number of hydrogen-bond donors (Lipinski definition) is 1. The van der Waals surface area contributed by atoms with Gasteiger partial charge in [-0.15, -0.1) is 22.7 Å². The summed E-state index contributed by atoms with van der Waals surface area (Å²) in [4.78, 5) is 7.57. The van der Waals surface area contributed by atoms with Crippen molar-refractivity contribution in [1.82, 2.24) is 10.3 Å². The number of hydrogen-bond acceptors (Lipinski definition) is 4. The predicted octanol–water partition coefficient (Wildman–Crippen LogP) is 5.61. The minimum absolute atomic E-state index is 0.130. The van der Waals surface area contributed by atoms with Crippen LogP contribution in [0.15, 0.2) is 17.5 Å². The molecule has 4 heteroatoms. The lowest BCUT2D eigenvalue weighted by atomic mass is 9.98. The maximum Gasteiger partial charge on any atom is 0.0985 e. The highest BCUT2D eigenvalue weighted by atomic mass is 32.1. The molecule has 0 saturated carbocycles. The van der Waals surface area contributed by atoms with Crippen molar-refractivity contribution in [3.05, 3.63) is 38.0 Å². The van der Waals surface area contributed by atoms with Crippen LogP contribution in [0.5, 0.6) is 0 Å². The molecule has 2 atom stereocenters. The molecule has 0 radical (unpaired) electrons. The van der Waals surface area contributed by atoms with E-state index < -0.39 is 0 Å². The molecule has 2 unspecified atom stereocenters. The fourth-order valence-corrected chi connectivity index (χ4v) is 4.40. The van der Waals surface area contributed by atoms with E-state index >= 15 is 0 Å². The van der Waals surface area contributed by atoms with Gasteiger partial charge in [-0.05, 0) is 31.7 Å². The first kappa shape index (κ1) is 16.7.